The van der Waals surface area contributed by atoms with E-state index in [9.17, 15) is 24.0 Å². The SMILES string of the molecule is CCOc1ccccc1/C=C(/NC(=O)c1ccccc1)C(=O)Nc1cccc(SC(CC)C(=O)Nc2sc(C(=O)Nc3ccccc3)c(C)c2C(=O)OC)c1. The van der Waals surface area contributed by atoms with Gasteiger partial charge < -0.3 is 30.7 Å². The van der Waals surface area contributed by atoms with Crippen LogP contribution in [0.25, 0.3) is 6.08 Å². The van der Waals surface area contributed by atoms with Crippen LogP contribution < -0.4 is 26.0 Å². The fourth-order valence-corrected chi connectivity index (χ4v) is 7.49. The molecule has 11 nitrogen and oxygen atoms in total. The van der Waals surface area contributed by atoms with Gasteiger partial charge in [-0.15, -0.1) is 23.1 Å². The van der Waals surface area contributed by atoms with Gasteiger partial charge in [0.15, 0.2) is 0 Å². The molecule has 0 fully saturated rings. The van der Waals surface area contributed by atoms with Gasteiger partial charge in [0, 0.05) is 27.4 Å². The lowest BCUT2D eigenvalue weighted by Crippen LogP contribution is -2.30. The molecule has 55 heavy (non-hydrogen) atoms. The largest absolute Gasteiger partial charge is 0.493 e. The van der Waals surface area contributed by atoms with E-state index in [0.717, 1.165) is 11.3 Å². The van der Waals surface area contributed by atoms with Gasteiger partial charge in [0.2, 0.25) is 5.91 Å². The van der Waals surface area contributed by atoms with Gasteiger partial charge >= 0.3 is 5.97 Å². The second-order valence-electron chi connectivity index (χ2n) is 11.9. The van der Waals surface area contributed by atoms with E-state index in [1.807, 2.05) is 32.0 Å². The maximum atomic E-state index is 13.8. The number of thioether (sulfide) groups is 1. The molecule has 0 aliphatic rings. The monoisotopic (exact) mass is 776 g/mol. The number of hydrogen-bond donors (Lipinski definition) is 4. The molecule has 5 aromatic rings. The highest BCUT2D eigenvalue weighted by Gasteiger charge is 2.28. The Balaban J connectivity index is 1.34. The van der Waals surface area contributed by atoms with Crippen molar-refractivity contribution in [2.24, 2.45) is 0 Å². The summed E-state index contributed by atoms with van der Waals surface area (Å²) in [6.07, 6.45) is 1.98. The van der Waals surface area contributed by atoms with Crippen LogP contribution >= 0.6 is 23.1 Å². The molecule has 0 aliphatic heterocycles. The van der Waals surface area contributed by atoms with Crippen LogP contribution in [-0.4, -0.2) is 48.6 Å². The predicted octanol–water partition coefficient (Wildman–Crippen LogP) is 8.41. The third-order valence-electron chi connectivity index (χ3n) is 8.09. The molecular formula is C42H40N4O7S2. The molecule has 1 aromatic heterocycles. The fourth-order valence-electron chi connectivity index (χ4n) is 5.38. The summed E-state index contributed by atoms with van der Waals surface area (Å²) in [4.78, 5) is 67.6. The van der Waals surface area contributed by atoms with Crippen molar-refractivity contribution in [3.63, 3.8) is 0 Å². The summed E-state index contributed by atoms with van der Waals surface area (Å²) in [5.74, 6) is -1.97. The van der Waals surface area contributed by atoms with Crippen molar-refractivity contribution in [1.82, 2.24) is 5.32 Å². The Labute approximate surface area is 327 Å². The number of esters is 1. The van der Waals surface area contributed by atoms with Crippen molar-refractivity contribution in [2.45, 2.75) is 37.3 Å². The van der Waals surface area contributed by atoms with Gasteiger partial charge in [0.05, 0.1) is 29.4 Å². The van der Waals surface area contributed by atoms with Gasteiger partial charge in [-0.25, -0.2) is 4.79 Å². The lowest BCUT2D eigenvalue weighted by Gasteiger charge is -2.16. The molecule has 0 radical (unpaired) electrons. The Hall–Kier alpha value is -6.18. The second-order valence-corrected chi connectivity index (χ2v) is 14.2. The molecule has 0 aliphatic carbocycles. The minimum Gasteiger partial charge on any atom is -0.493 e. The maximum Gasteiger partial charge on any atom is 0.341 e. The molecule has 4 N–H and O–H groups in total. The lowest BCUT2D eigenvalue weighted by atomic mass is 10.1. The summed E-state index contributed by atoms with van der Waals surface area (Å²) in [5, 5.41) is 10.9. The van der Waals surface area contributed by atoms with Gasteiger partial charge in [-0.1, -0.05) is 67.6 Å². The first-order valence-corrected chi connectivity index (χ1v) is 19.1. The summed E-state index contributed by atoms with van der Waals surface area (Å²) in [6, 6.07) is 31.6. The van der Waals surface area contributed by atoms with E-state index in [1.54, 1.807) is 104 Å². The normalized spacial score (nSPS) is 11.5. The second kappa shape index (κ2) is 19.2. The average molecular weight is 777 g/mol. The number of amides is 4. The van der Waals surface area contributed by atoms with Crippen LogP contribution in [0, 0.1) is 6.92 Å². The maximum absolute atomic E-state index is 13.8. The molecule has 0 saturated heterocycles. The van der Waals surface area contributed by atoms with Crippen LogP contribution in [0.5, 0.6) is 5.75 Å². The number of methoxy groups -OCH3 is 1. The highest BCUT2D eigenvalue weighted by molar-refractivity contribution is 8.00. The zero-order valence-corrected chi connectivity index (χ0v) is 32.3. The predicted molar refractivity (Wildman–Crippen MR) is 218 cm³/mol. The molecule has 0 bridgehead atoms. The minimum atomic E-state index is -0.679. The number of ether oxygens (including phenoxy) is 2. The first-order valence-electron chi connectivity index (χ1n) is 17.4. The third-order valence-corrected chi connectivity index (χ3v) is 10.7. The molecule has 13 heteroatoms. The van der Waals surface area contributed by atoms with E-state index in [4.69, 9.17) is 9.47 Å². The highest BCUT2D eigenvalue weighted by Crippen LogP contribution is 2.36. The summed E-state index contributed by atoms with van der Waals surface area (Å²) < 4.78 is 10.7. The summed E-state index contributed by atoms with van der Waals surface area (Å²) in [5.41, 5.74) is 2.49. The zero-order valence-electron chi connectivity index (χ0n) is 30.6. The van der Waals surface area contributed by atoms with Gasteiger partial charge in [-0.3, -0.25) is 19.2 Å². The number of para-hydroxylation sites is 2. The van der Waals surface area contributed by atoms with E-state index in [1.165, 1.54) is 18.9 Å². The molecule has 282 valence electrons. The molecule has 4 aromatic carbocycles. The molecule has 1 heterocycles. The number of thiophene rings is 1. The van der Waals surface area contributed by atoms with Gasteiger partial charge in [0.25, 0.3) is 17.7 Å². The van der Waals surface area contributed by atoms with E-state index < -0.39 is 28.9 Å². The highest BCUT2D eigenvalue weighted by atomic mass is 32.2. The summed E-state index contributed by atoms with van der Waals surface area (Å²) >= 11 is 2.26. The van der Waals surface area contributed by atoms with Crippen molar-refractivity contribution in [1.29, 1.82) is 0 Å². The Morgan fingerprint density at radius 2 is 1.45 bits per heavy atom. The van der Waals surface area contributed by atoms with Crippen LogP contribution in [0.2, 0.25) is 0 Å². The van der Waals surface area contributed by atoms with E-state index in [-0.39, 0.29) is 27.0 Å². The van der Waals surface area contributed by atoms with Crippen LogP contribution in [0.3, 0.4) is 0 Å². The average Bonchev–Trinajstić information content (AvgIpc) is 3.52. The van der Waals surface area contributed by atoms with E-state index in [2.05, 4.69) is 21.3 Å². The number of rotatable bonds is 15. The van der Waals surface area contributed by atoms with Crippen LogP contribution in [0.4, 0.5) is 16.4 Å². The number of benzene rings is 4. The van der Waals surface area contributed by atoms with Crippen molar-refractivity contribution in [3.05, 3.63) is 142 Å². The minimum absolute atomic E-state index is 0.00524. The van der Waals surface area contributed by atoms with Crippen molar-refractivity contribution in [2.75, 3.05) is 29.7 Å². The van der Waals surface area contributed by atoms with Gasteiger partial charge in [0.1, 0.15) is 16.4 Å². The third kappa shape index (κ3) is 10.5. The molecule has 1 unspecified atom stereocenters. The van der Waals surface area contributed by atoms with Gasteiger partial charge in [-0.05, 0) is 80.4 Å². The van der Waals surface area contributed by atoms with Crippen LogP contribution in [0.15, 0.2) is 120 Å². The first kappa shape index (κ1) is 40.0. The topological polar surface area (TPSA) is 152 Å². The van der Waals surface area contributed by atoms with Crippen molar-refractivity contribution < 1.29 is 33.4 Å². The number of nitrogens with one attached hydrogen (secondary N) is 4. The molecule has 1 atom stereocenters. The Morgan fingerprint density at radius 1 is 0.782 bits per heavy atom. The van der Waals surface area contributed by atoms with Crippen molar-refractivity contribution >= 4 is 75.1 Å². The van der Waals surface area contributed by atoms with E-state index in [0.29, 0.717) is 51.7 Å². The molecule has 0 saturated carbocycles. The number of hydrogen-bond acceptors (Lipinski definition) is 9. The lowest BCUT2D eigenvalue weighted by molar-refractivity contribution is -0.116. The zero-order chi connectivity index (χ0) is 39.3. The number of carbonyl (C=O) groups excluding carboxylic acids is 5. The first-order chi connectivity index (χ1) is 26.6. The molecule has 0 spiro atoms. The molecule has 4 amide bonds. The van der Waals surface area contributed by atoms with Crippen LogP contribution in [-0.2, 0) is 14.3 Å². The Morgan fingerprint density at radius 3 is 2.15 bits per heavy atom. The standard InChI is InChI=1S/C42H40N4O7S2/c1-5-34(39(49)46-41-35(42(51)52-4)26(3)36(55-41)40(50)43-29-19-11-8-12-20-29)54-31-22-15-21-30(25-31)44-38(48)32(45-37(47)27-16-9-7-10-17-27)24-28-18-13-14-23-33(28)53-6-2/h7-25,34H,5-6H2,1-4H3,(H,43,50)(H,44,48)(H,45,47)(H,46,49)/b32-24+. The van der Waals surface area contributed by atoms with Crippen LogP contribution in [0.1, 0.15) is 61.8 Å². The fraction of sp³-hybridized carbons (Fsp3) is 0.167. The van der Waals surface area contributed by atoms with Crippen molar-refractivity contribution in [3.8, 4) is 5.75 Å². The molecule has 5 rings (SSSR count). The Bertz CT molecular complexity index is 2200. The Kier molecular flexibility index (Phi) is 14.0. The smallest absolute Gasteiger partial charge is 0.341 e. The quantitative estimate of drug-likeness (QED) is 0.0470. The van der Waals surface area contributed by atoms with Gasteiger partial charge in [-0.2, -0.15) is 0 Å². The summed E-state index contributed by atoms with van der Waals surface area (Å²) in [7, 11) is 1.24. The summed E-state index contributed by atoms with van der Waals surface area (Å²) in [6.45, 7) is 5.76. The molecular weight excluding hydrogens is 737 g/mol. The number of anilines is 3. The van der Waals surface area contributed by atoms with E-state index >= 15 is 0 Å². The number of carbonyl (C=O) groups is 5.